The molecular formula is C19H15Cl2N3O2S. The lowest BCUT2D eigenvalue weighted by atomic mass is 10.1. The highest BCUT2D eigenvalue weighted by Gasteiger charge is 2.11. The number of hydrogen-bond donors (Lipinski definition) is 2. The third-order valence-corrected chi connectivity index (χ3v) is 5.19. The van der Waals surface area contributed by atoms with E-state index in [0.717, 1.165) is 16.8 Å². The Morgan fingerprint density at radius 3 is 2.48 bits per heavy atom. The summed E-state index contributed by atoms with van der Waals surface area (Å²) in [5.41, 5.74) is 3.09. The first-order valence-corrected chi connectivity index (χ1v) is 9.61. The molecular weight excluding hydrogens is 405 g/mol. The molecule has 138 valence electrons. The van der Waals surface area contributed by atoms with E-state index in [9.17, 15) is 9.59 Å². The average Bonchev–Trinajstić information content (AvgIpc) is 3.11. The lowest BCUT2D eigenvalue weighted by molar-refractivity contribution is -0.119. The normalized spacial score (nSPS) is 10.5. The molecule has 0 aliphatic rings. The van der Waals surface area contributed by atoms with Gasteiger partial charge in [-0.2, -0.15) is 0 Å². The Morgan fingerprint density at radius 1 is 1.07 bits per heavy atom. The highest BCUT2D eigenvalue weighted by Crippen LogP contribution is 2.27. The van der Waals surface area contributed by atoms with Gasteiger partial charge in [-0.25, -0.2) is 4.98 Å². The van der Waals surface area contributed by atoms with Gasteiger partial charge in [-0.1, -0.05) is 47.5 Å². The Morgan fingerprint density at radius 2 is 1.81 bits per heavy atom. The Kier molecular flexibility index (Phi) is 6.11. The van der Waals surface area contributed by atoms with Crippen LogP contribution in [-0.2, 0) is 11.3 Å². The fourth-order valence-electron chi connectivity index (χ4n) is 2.29. The van der Waals surface area contributed by atoms with Gasteiger partial charge in [-0.3, -0.25) is 14.9 Å². The van der Waals surface area contributed by atoms with Gasteiger partial charge in [-0.15, -0.1) is 11.3 Å². The number of amides is 2. The zero-order valence-electron chi connectivity index (χ0n) is 14.3. The number of benzene rings is 2. The van der Waals surface area contributed by atoms with Gasteiger partial charge in [0, 0.05) is 30.0 Å². The van der Waals surface area contributed by atoms with Crippen LogP contribution in [0.15, 0.2) is 47.8 Å². The van der Waals surface area contributed by atoms with Crippen molar-refractivity contribution in [1.82, 2.24) is 10.3 Å². The maximum atomic E-state index is 12.3. The van der Waals surface area contributed by atoms with Crippen LogP contribution in [0, 0.1) is 0 Å². The molecule has 2 amide bonds. The van der Waals surface area contributed by atoms with Crippen molar-refractivity contribution in [2.24, 2.45) is 0 Å². The summed E-state index contributed by atoms with van der Waals surface area (Å²) in [7, 11) is 0. The van der Waals surface area contributed by atoms with Crippen molar-refractivity contribution in [1.29, 1.82) is 0 Å². The number of nitrogens with zero attached hydrogens (tertiary/aromatic N) is 1. The smallest absolute Gasteiger partial charge is 0.257 e. The third-order valence-electron chi connectivity index (χ3n) is 3.70. The Hall–Kier alpha value is -2.41. The van der Waals surface area contributed by atoms with Crippen LogP contribution in [0.25, 0.3) is 11.3 Å². The lowest BCUT2D eigenvalue weighted by Gasteiger charge is -2.04. The lowest BCUT2D eigenvalue weighted by Crippen LogP contribution is -2.18. The molecule has 2 N–H and O–H groups in total. The second-order valence-corrected chi connectivity index (χ2v) is 7.40. The van der Waals surface area contributed by atoms with Crippen LogP contribution >= 0.6 is 34.5 Å². The summed E-state index contributed by atoms with van der Waals surface area (Å²) in [6, 6.07) is 12.4. The number of thiazole rings is 1. The van der Waals surface area contributed by atoms with E-state index in [1.807, 2.05) is 29.6 Å². The fraction of sp³-hybridized carbons (Fsp3) is 0.105. The van der Waals surface area contributed by atoms with Crippen LogP contribution in [0.2, 0.25) is 10.0 Å². The molecule has 0 saturated carbocycles. The molecule has 0 spiro atoms. The minimum atomic E-state index is -0.305. The van der Waals surface area contributed by atoms with Gasteiger partial charge in [0.15, 0.2) is 5.13 Å². The van der Waals surface area contributed by atoms with Crippen molar-refractivity contribution in [2.75, 3.05) is 5.32 Å². The predicted octanol–water partition coefficient (Wildman–Crippen LogP) is 5.01. The van der Waals surface area contributed by atoms with Crippen molar-refractivity contribution < 1.29 is 9.59 Å². The summed E-state index contributed by atoms with van der Waals surface area (Å²) in [5, 5.41) is 8.59. The number of anilines is 1. The highest BCUT2D eigenvalue weighted by atomic mass is 35.5. The first-order valence-electron chi connectivity index (χ1n) is 7.98. The molecule has 0 unspecified atom stereocenters. The number of rotatable bonds is 5. The second kappa shape index (κ2) is 8.52. The molecule has 27 heavy (non-hydrogen) atoms. The number of nitrogens with one attached hydrogen (secondary N) is 2. The molecule has 0 saturated heterocycles. The molecule has 1 heterocycles. The van der Waals surface area contributed by atoms with E-state index in [1.54, 1.807) is 12.1 Å². The van der Waals surface area contributed by atoms with Gasteiger partial charge >= 0.3 is 0 Å². The summed E-state index contributed by atoms with van der Waals surface area (Å²) < 4.78 is 0. The molecule has 0 bridgehead atoms. The summed E-state index contributed by atoms with van der Waals surface area (Å²) in [4.78, 5) is 27.7. The zero-order valence-corrected chi connectivity index (χ0v) is 16.6. The maximum Gasteiger partial charge on any atom is 0.257 e. The van der Waals surface area contributed by atoms with Gasteiger partial charge in [0.05, 0.1) is 15.7 Å². The SMILES string of the molecule is CC(=O)NCc1ccc(-c2csc(NC(=O)c3ccc(Cl)c(Cl)c3)n2)cc1. The molecule has 0 fully saturated rings. The van der Waals surface area contributed by atoms with E-state index < -0.39 is 0 Å². The predicted molar refractivity (Wildman–Crippen MR) is 109 cm³/mol. The highest BCUT2D eigenvalue weighted by molar-refractivity contribution is 7.14. The zero-order chi connectivity index (χ0) is 19.4. The first-order chi connectivity index (χ1) is 12.9. The van der Waals surface area contributed by atoms with E-state index in [4.69, 9.17) is 23.2 Å². The molecule has 3 aromatic rings. The van der Waals surface area contributed by atoms with Crippen molar-refractivity contribution in [3.8, 4) is 11.3 Å². The number of halogens is 2. The molecule has 0 radical (unpaired) electrons. The van der Waals surface area contributed by atoms with Crippen molar-refractivity contribution in [3.05, 3.63) is 69.0 Å². The first kappa shape index (κ1) is 19.4. The van der Waals surface area contributed by atoms with Crippen LogP contribution in [0.3, 0.4) is 0 Å². The third kappa shape index (κ3) is 5.07. The quantitative estimate of drug-likeness (QED) is 0.610. The molecule has 0 atom stereocenters. The van der Waals surface area contributed by atoms with Crippen LogP contribution in [0.1, 0.15) is 22.8 Å². The summed E-state index contributed by atoms with van der Waals surface area (Å²) in [6.45, 7) is 1.97. The molecule has 5 nitrogen and oxygen atoms in total. The monoisotopic (exact) mass is 419 g/mol. The Labute approximate surface area is 170 Å². The van der Waals surface area contributed by atoms with Crippen molar-refractivity contribution in [3.63, 3.8) is 0 Å². The van der Waals surface area contributed by atoms with Gasteiger partial charge in [0.2, 0.25) is 5.91 Å². The minimum absolute atomic E-state index is 0.0686. The van der Waals surface area contributed by atoms with Gasteiger partial charge in [0.1, 0.15) is 0 Å². The van der Waals surface area contributed by atoms with E-state index in [1.165, 1.54) is 24.3 Å². The van der Waals surface area contributed by atoms with Gasteiger partial charge in [0.25, 0.3) is 5.91 Å². The van der Waals surface area contributed by atoms with Crippen LogP contribution < -0.4 is 10.6 Å². The number of aromatic nitrogens is 1. The molecule has 0 aliphatic carbocycles. The van der Waals surface area contributed by atoms with Crippen LogP contribution in [-0.4, -0.2) is 16.8 Å². The largest absolute Gasteiger partial charge is 0.352 e. The maximum absolute atomic E-state index is 12.3. The average molecular weight is 420 g/mol. The number of hydrogen-bond acceptors (Lipinski definition) is 4. The minimum Gasteiger partial charge on any atom is -0.352 e. The Balaban J connectivity index is 1.68. The van der Waals surface area contributed by atoms with Gasteiger partial charge < -0.3 is 5.32 Å². The number of carbonyl (C=O) groups excluding carboxylic acids is 2. The summed E-state index contributed by atoms with van der Waals surface area (Å²) >= 11 is 13.2. The van der Waals surface area contributed by atoms with Crippen molar-refractivity contribution in [2.45, 2.75) is 13.5 Å². The number of carbonyl (C=O) groups is 2. The second-order valence-electron chi connectivity index (χ2n) is 5.73. The van der Waals surface area contributed by atoms with E-state index >= 15 is 0 Å². The standard InChI is InChI=1S/C19H15Cl2N3O2S/c1-11(25)22-9-12-2-4-13(5-3-12)17-10-27-19(23-17)24-18(26)14-6-7-15(20)16(21)8-14/h2-8,10H,9H2,1H3,(H,22,25)(H,23,24,26). The van der Waals surface area contributed by atoms with E-state index in [0.29, 0.717) is 27.3 Å². The van der Waals surface area contributed by atoms with E-state index in [-0.39, 0.29) is 11.8 Å². The molecule has 8 heteroatoms. The summed E-state index contributed by atoms with van der Waals surface area (Å²) in [5.74, 6) is -0.374. The molecule has 3 rings (SSSR count). The van der Waals surface area contributed by atoms with Crippen LogP contribution in [0.4, 0.5) is 5.13 Å². The molecule has 0 aliphatic heterocycles. The topological polar surface area (TPSA) is 71.1 Å². The summed E-state index contributed by atoms with van der Waals surface area (Å²) in [6.07, 6.45) is 0. The molecule has 2 aromatic carbocycles. The van der Waals surface area contributed by atoms with Gasteiger partial charge in [-0.05, 0) is 23.8 Å². The van der Waals surface area contributed by atoms with Crippen molar-refractivity contribution >= 4 is 51.5 Å². The Bertz CT molecular complexity index is 987. The molecule has 1 aromatic heterocycles. The fourth-order valence-corrected chi connectivity index (χ4v) is 3.30. The van der Waals surface area contributed by atoms with E-state index in [2.05, 4.69) is 15.6 Å². The van der Waals surface area contributed by atoms with Crippen LogP contribution in [0.5, 0.6) is 0 Å².